The Hall–Kier alpha value is -0.160. The van der Waals surface area contributed by atoms with Crippen LogP contribution in [-0.4, -0.2) is 63.0 Å². The van der Waals surface area contributed by atoms with E-state index < -0.39 is 0 Å². The van der Waals surface area contributed by atoms with Crippen LogP contribution in [0, 0.1) is 5.92 Å². The summed E-state index contributed by atoms with van der Waals surface area (Å²) in [5.74, 6) is 0.922. The monoisotopic (exact) mass is 298 g/mol. The van der Waals surface area contributed by atoms with Crippen LogP contribution in [0.25, 0.3) is 0 Å². The lowest BCUT2D eigenvalue weighted by atomic mass is 9.89. The van der Waals surface area contributed by atoms with E-state index in [1.54, 1.807) is 0 Å². The Kier molecular flexibility index (Phi) is 8.01. The summed E-state index contributed by atoms with van der Waals surface area (Å²) >= 11 is 0. The lowest BCUT2D eigenvalue weighted by Gasteiger charge is -2.31. The number of piperidine rings is 1. The third-order valence-corrected chi connectivity index (χ3v) is 4.94. The molecule has 21 heavy (non-hydrogen) atoms. The van der Waals surface area contributed by atoms with Crippen molar-refractivity contribution in [2.24, 2.45) is 5.92 Å². The van der Waals surface area contributed by atoms with Gasteiger partial charge < -0.3 is 14.8 Å². The number of ether oxygens (including phenoxy) is 2. The van der Waals surface area contributed by atoms with Crippen LogP contribution in [0.3, 0.4) is 0 Å². The van der Waals surface area contributed by atoms with Gasteiger partial charge in [0.05, 0.1) is 13.2 Å². The number of hydrogen-bond acceptors (Lipinski definition) is 4. The Labute approximate surface area is 130 Å². The van der Waals surface area contributed by atoms with E-state index >= 15 is 0 Å². The van der Waals surface area contributed by atoms with Crippen LogP contribution in [-0.2, 0) is 9.47 Å². The summed E-state index contributed by atoms with van der Waals surface area (Å²) in [6, 6.07) is 1.63. The molecule has 2 bridgehead atoms. The largest absolute Gasteiger partial charge is 0.380 e. The van der Waals surface area contributed by atoms with E-state index in [-0.39, 0.29) is 0 Å². The van der Waals surface area contributed by atoms with Crippen molar-refractivity contribution in [1.29, 1.82) is 0 Å². The van der Waals surface area contributed by atoms with Crippen molar-refractivity contribution in [3.05, 3.63) is 0 Å². The van der Waals surface area contributed by atoms with E-state index in [1.807, 2.05) is 0 Å². The van der Waals surface area contributed by atoms with Crippen LogP contribution in [0.2, 0.25) is 0 Å². The first-order chi connectivity index (χ1) is 10.3. The quantitative estimate of drug-likeness (QED) is 0.593. The molecule has 4 nitrogen and oxygen atoms in total. The Morgan fingerprint density at radius 3 is 2.00 bits per heavy atom. The van der Waals surface area contributed by atoms with Gasteiger partial charge >= 0.3 is 0 Å². The third kappa shape index (κ3) is 6.23. The van der Waals surface area contributed by atoms with E-state index in [4.69, 9.17) is 9.47 Å². The Bertz CT molecular complexity index is 254. The first kappa shape index (κ1) is 17.2. The fourth-order valence-electron chi connectivity index (χ4n) is 3.79. The zero-order valence-electron chi connectivity index (χ0n) is 14.0. The molecule has 0 aromatic heterocycles. The van der Waals surface area contributed by atoms with Crippen LogP contribution < -0.4 is 5.32 Å². The highest BCUT2D eigenvalue weighted by Gasteiger charge is 2.33. The minimum absolute atomic E-state index is 0.814. The van der Waals surface area contributed by atoms with Gasteiger partial charge in [0.2, 0.25) is 0 Å². The van der Waals surface area contributed by atoms with Crippen molar-refractivity contribution in [3.8, 4) is 0 Å². The maximum atomic E-state index is 5.51. The molecule has 0 amide bonds. The van der Waals surface area contributed by atoms with E-state index in [2.05, 4.69) is 24.1 Å². The summed E-state index contributed by atoms with van der Waals surface area (Å²) in [5, 5.41) is 3.74. The molecule has 1 N–H and O–H groups in total. The molecule has 124 valence electrons. The van der Waals surface area contributed by atoms with E-state index in [1.165, 1.54) is 38.6 Å². The molecular weight excluding hydrogens is 264 g/mol. The molecule has 2 unspecified atom stereocenters. The van der Waals surface area contributed by atoms with Gasteiger partial charge in [-0.05, 0) is 58.4 Å². The highest BCUT2D eigenvalue weighted by atomic mass is 16.5. The molecule has 4 heteroatoms. The molecule has 0 aliphatic carbocycles. The Morgan fingerprint density at radius 1 is 0.905 bits per heavy atom. The number of nitrogens with zero attached hydrogens (tertiary/aromatic N) is 1. The number of nitrogens with one attached hydrogen (secondary N) is 1. The van der Waals surface area contributed by atoms with Gasteiger partial charge in [-0.25, -0.2) is 0 Å². The molecule has 0 aromatic rings. The normalized spacial score (nSPS) is 28.4. The van der Waals surface area contributed by atoms with Gasteiger partial charge in [0.1, 0.15) is 0 Å². The summed E-state index contributed by atoms with van der Waals surface area (Å²) in [4.78, 5) is 2.52. The lowest BCUT2D eigenvalue weighted by molar-refractivity contribution is 0.0786. The molecule has 2 aliphatic heterocycles. The van der Waals surface area contributed by atoms with Gasteiger partial charge in [-0.2, -0.15) is 0 Å². The highest BCUT2D eigenvalue weighted by molar-refractivity contribution is 4.92. The summed E-state index contributed by atoms with van der Waals surface area (Å²) in [7, 11) is 0. The molecule has 0 saturated carbocycles. The van der Waals surface area contributed by atoms with Crippen molar-refractivity contribution in [2.75, 3.05) is 46.1 Å². The second-order valence-corrected chi connectivity index (χ2v) is 6.50. The second kappa shape index (κ2) is 9.78. The second-order valence-electron chi connectivity index (χ2n) is 6.50. The van der Waals surface area contributed by atoms with E-state index in [9.17, 15) is 0 Å². The van der Waals surface area contributed by atoms with Crippen molar-refractivity contribution in [3.63, 3.8) is 0 Å². The molecule has 2 fully saturated rings. The molecular formula is C17H34N2O2. The lowest BCUT2D eigenvalue weighted by Crippen LogP contribution is -2.40. The number of rotatable bonds is 11. The van der Waals surface area contributed by atoms with Crippen molar-refractivity contribution in [2.45, 2.75) is 58.0 Å². The zero-order valence-corrected chi connectivity index (χ0v) is 14.0. The maximum Gasteiger partial charge on any atom is 0.0593 e. The SMILES string of the molecule is CCOCCN(CCOCC)CCC1CC2CCC(C1)N2. The van der Waals surface area contributed by atoms with Crippen LogP contribution >= 0.6 is 0 Å². The smallest absolute Gasteiger partial charge is 0.0593 e. The Balaban J connectivity index is 1.66. The minimum atomic E-state index is 0.814. The molecule has 2 heterocycles. The maximum absolute atomic E-state index is 5.51. The summed E-state index contributed by atoms with van der Waals surface area (Å²) in [5.41, 5.74) is 0. The fourth-order valence-corrected chi connectivity index (χ4v) is 3.79. The molecule has 2 saturated heterocycles. The summed E-state index contributed by atoms with van der Waals surface area (Å²) < 4.78 is 11.0. The Morgan fingerprint density at radius 2 is 1.48 bits per heavy atom. The van der Waals surface area contributed by atoms with Gasteiger partial charge in [-0.3, -0.25) is 4.90 Å². The average Bonchev–Trinajstić information content (AvgIpc) is 2.83. The van der Waals surface area contributed by atoms with Crippen LogP contribution in [0.15, 0.2) is 0 Å². The molecule has 0 spiro atoms. The van der Waals surface area contributed by atoms with Gasteiger partial charge in [0, 0.05) is 38.4 Å². The standard InChI is InChI=1S/C17H34N2O2/c1-3-20-11-9-19(10-12-21-4-2)8-7-15-13-16-5-6-17(14-15)18-16/h15-18H,3-14H2,1-2H3. The molecule has 2 rings (SSSR count). The van der Waals surface area contributed by atoms with Crippen LogP contribution in [0.4, 0.5) is 0 Å². The topological polar surface area (TPSA) is 33.7 Å². The molecule has 2 aliphatic rings. The van der Waals surface area contributed by atoms with Gasteiger partial charge in [0.15, 0.2) is 0 Å². The molecule has 0 aromatic carbocycles. The van der Waals surface area contributed by atoms with Crippen molar-refractivity contribution in [1.82, 2.24) is 10.2 Å². The van der Waals surface area contributed by atoms with Crippen LogP contribution in [0.5, 0.6) is 0 Å². The van der Waals surface area contributed by atoms with Crippen molar-refractivity contribution < 1.29 is 9.47 Å². The highest BCUT2D eigenvalue weighted by Crippen LogP contribution is 2.32. The average molecular weight is 298 g/mol. The summed E-state index contributed by atoms with van der Waals surface area (Å²) in [6.07, 6.45) is 6.93. The van der Waals surface area contributed by atoms with E-state index in [0.29, 0.717) is 0 Å². The van der Waals surface area contributed by atoms with Gasteiger partial charge in [-0.15, -0.1) is 0 Å². The van der Waals surface area contributed by atoms with Gasteiger partial charge in [0.25, 0.3) is 0 Å². The summed E-state index contributed by atoms with van der Waals surface area (Å²) in [6.45, 7) is 10.7. The predicted octanol–water partition coefficient (Wildman–Crippen LogP) is 2.28. The van der Waals surface area contributed by atoms with E-state index in [0.717, 1.165) is 57.5 Å². The molecule has 0 radical (unpaired) electrons. The third-order valence-electron chi connectivity index (χ3n) is 4.94. The van der Waals surface area contributed by atoms with Gasteiger partial charge in [-0.1, -0.05) is 0 Å². The first-order valence-electron chi connectivity index (χ1n) is 8.95. The molecule has 2 atom stereocenters. The van der Waals surface area contributed by atoms with Crippen LogP contribution in [0.1, 0.15) is 46.0 Å². The minimum Gasteiger partial charge on any atom is -0.380 e. The first-order valence-corrected chi connectivity index (χ1v) is 8.95. The predicted molar refractivity (Wildman–Crippen MR) is 86.7 cm³/mol. The number of hydrogen-bond donors (Lipinski definition) is 1. The zero-order chi connectivity index (χ0) is 14.9. The fraction of sp³-hybridized carbons (Fsp3) is 1.00. The number of fused-ring (bicyclic) bond motifs is 2. The van der Waals surface area contributed by atoms with Crippen molar-refractivity contribution >= 4 is 0 Å².